The molecular formula is C11H10FNO4. The van der Waals surface area contributed by atoms with Gasteiger partial charge in [-0.2, -0.15) is 0 Å². The molecular weight excluding hydrogens is 229 g/mol. The van der Waals surface area contributed by atoms with E-state index >= 15 is 0 Å². The smallest absolute Gasteiger partial charge is 0.310 e. The summed E-state index contributed by atoms with van der Waals surface area (Å²) in [7, 11) is 0. The van der Waals surface area contributed by atoms with Crippen LogP contribution >= 0.6 is 0 Å². The van der Waals surface area contributed by atoms with Crippen LogP contribution in [0, 0.1) is 11.7 Å². The normalized spacial score (nSPS) is 15.5. The van der Waals surface area contributed by atoms with Crippen molar-refractivity contribution in [2.24, 2.45) is 5.92 Å². The van der Waals surface area contributed by atoms with Crippen LogP contribution in [0.15, 0.2) is 18.2 Å². The summed E-state index contributed by atoms with van der Waals surface area (Å²) >= 11 is 0. The summed E-state index contributed by atoms with van der Waals surface area (Å²) in [6, 6.07) is 3.07. The summed E-state index contributed by atoms with van der Waals surface area (Å²) in [5.74, 6) is -3.02. The summed E-state index contributed by atoms with van der Waals surface area (Å²) in [6.45, 7) is 0.175. The zero-order valence-corrected chi connectivity index (χ0v) is 8.76. The topological polar surface area (TPSA) is 77.8 Å². The van der Waals surface area contributed by atoms with Gasteiger partial charge in [-0.1, -0.05) is 0 Å². The van der Waals surface area contributed by atoms with E-state index in [1.54, 1.807) is 0 Å². The van der Waals surface area contributed by atoms with Crippen molar-refractivity contribution in [3.63, 3.8) is 0 Å². The number of carboxylic acids is 1. The number of hydrogen-bond acceptors (Lipinski definition) is 3. The van der Waals surface area contributed by atoms with Crippen molar-refractivity contribution in [1.82, 2.24) is 4.90 Å². The summed E-state index contributed by atoms with van der Waals surface area (Å²) in [5.41, 5.74) is -0.145. The van der Waals surface area contributed by atoms with Crippen LogP contribution in [-0.4, -0.2) is 40.1 Å². The Bertz CT molecular complexity index is 482. The second-order valence-electron chi connectivity index (χ2n) is 3.91. The predicted molar refractivity (Wildman–Crippen MR) is 55.1 cm³/mol. The van der Waals surface area contributed by atoms with Gasteiger partial charge in [-0.25, -0.2) is 4.39 Å². The molecule has 0 radical (unpaired) electrons. The average molecular weight is 239 g/mol. The van der Waals surface area contributed by atoms with E-state index in [2.05, 4.69) is 0 Å². The number of nitrogens with zero attached hydrogens (tertiary/aromatic N) is 1. The standard InChI is InChI=1S/C11H10FNO4/c12-7-1-2-9(14)8(3-7)10(15)13-4-6(5-13)11(16)17/h1-3,6,14H,4-5H2,(H,16,17). The number of likely N-dealkylation sites (tertiary alicyclic amines) is 1. The molecule has 2 rings (SSSR count). The van der Waals surface area contributed by atoms with E-state index in [4.69, 9.17) is 5.11 Å². The lowest BCUT2D eigenvalue weighted by Crippen LogP contribution is -2.53. The fourth-order valence-electron chi connectivity index (χ4n) is 1.65. The van der Waals surface area contributed by atoms with Crippen LogP contribution in [0.5, 0.6) is 5.75 Å². The first-order chi connectivity index (χ1) is 7.99. The van der Waals surface area contributed by atoms with E-state index in [0.29, 0.717) is 0 Å². The molecule has 6 heteroatoms. The maximum absolute atomic E-state index is 12.9. The molecule has 1 aliphatic rings. The van der Waals surface area contributed by atoms with Gasteiger partial charge in [-0.3, -0.25) is 9.59 Å². The van der Waals surface area contributed by atoms with Gasteiger partial charge in [-0.05, 0) is 18.2 Å². The number of rotatable bonds is 2. The monoisotopic (exact) mass is 239 g/mol. The minimum Gasteiger partial charge on any atom is -0.507 e. The number of carbonyl (C=O) groups is 2. The maximum Gasteiger partial charge on any atom is 0.310 e. The van der Waals surface area contributed by atoms with Crippen molar-refractivity contribution in [3.8, 4) is 5.75 Å². The lowest BCUT2D eigenvalue weighted by Gasteiger charge is -2.36. The lowest BCUT2D eigenvalue weighted by molar-refractivity contribution is -0.146. The molecule has 0 aromatic heterocycles. The number of aromatic hydroxyl groups is 1. The molecule has 1 heterocycles. The molecule has 1 aliphatic heterocycles. The highest BCUT2D eigenvalue weighted by molar-refractivity contribution is 5.98. The van der Waals surface area contributed by atoms with Gasteiger partial charge < -0.3 is 15.1 Å². The Morgan fingerprint density at radius 1 is 1.35 bits per heavy atom. The van der Waals surface area contributed by atoms with Gasteiger partial charge in [0.05, 0.1) is 11.5 Å². The number of benzene rings is 1. The maximum atomic E-state index is 12.9. The molecule has 0 aliphatic carbocycles. The van der Waals surface area contributed by atoms with Crippen LogP contribution in [0.25, 0.3) is 0 Å². The van der Waals surface area contributed by atoms with Crippen molar-refractivity contribution < 1.29 is 24.2 Å². The molecule has 90 valence electrons. The first-order valence-corrected chi connectivity index (χ1v) is 4.99. The van der Waals surface area contributed by atoms with Crippen LogP contribution in [0.1, 0.15) is 10.4 Å². The molecule has 1 aromatic rings. The van der Waals surface area contributed by atoms with Crippen LogP contribution < -0.4 is 0 Å². The Morgan fingerprint density at radius 2 is 2.00 bits per heavy atom. The van der Waals surface area contributed by atoms with Gasteiger partial charge in [0.25, 0.3) is 5.91 Å². The first kappa shape index (κ1) is 11.4. The number of aliphatic carboxylic acids is 1. The Morgan fingerprint density at radius 3 is 2.59 bits per heavy atom. The van der Waals surface area contributed by atoms with Crippen molar-refractivity contribution in [2.45, 2.75) is 0 Å². The number of hydrogen-bond donors (Lipinski definition) is 2. The fraction of sp³-hybridized carbons (Fsp3) is 0.273. The zero-order chi connectivity index (χ0) is 12.6. The number of carbonyl (C=O) groups excluding carboxylic acids is 1. The Balaban J connectivity index is 2.11. The second-order valence-corrected chi connectivity index (χ2v) is 3.91. The molecule has 1 aromatic carbocycles. The molecule has 0 atom stereocenters. The van der Waals surface area contributed by atoms with Gasteiger partial charge in [0.15, 0.2) is 0 Å². The van der Waals surface area contributed by atoms with Gasteiger partial charge in [0.2, 0.25) is 0 Å². The van der Waals surface area contributed by atoms with Crippen LogP contribution in [0.2, 0.25) is 0 Å². The molecule has 1 amide bonds. The van der Waals surface area contributed by atoms with Gasteiger partial charge in [-0.15, -0.1) is 0 Å². The summed E-state index contributed by atoms with van der Waals surface area (Å²) < 4.78 is 12.9. The molecule has 1 saturated heterocycles. The molecule has 0 saturated carbocycles. The third-order valence-corrected chi connectivity index (χ3v) is 2.71. The average Bonchev–Trinajstić information content (AvgIpc) is 2.18. The molecule has 0 unspecified atom stereocenters. The largest absolute Gasteiger partial charge is 0.507 e. The van der Waals surface area contributed by atoms with Crippen molar-refractivity contribution >= 4 is 11.9 Å². The van der Waals surface area contributed by atoms with Crippen LogP contribution in [-0.2, 0) is 4.79 Å². The SMILES string of the molecule is O=C(O)C1CN(C(=O)c2cc(F)ccc2O)C1. The lowest BCUT2D eigenvalue weighted by atomic mass is 9.99. The zero-order valence-electron chi connectivity index (χ0n) is 8.76. The predicted octanol–water partition coefficient (Wildman–Crippen LogP) is 0.688. The summed E-state index contributed by atoms with van der Waals surface area (Å²) in [4.78, 5) is 23.6. The molecule has 17 heavy (non-hydrogen) atoms. The van der Waals surface area contributed by atoms with Gasteiger partial charge in [0.1, 0.15) is 11.6 Å². The highest BCUT2D eigenvalue weighted by Crippen LogP contribution is 2.24. The Kier molecular flexibility index (Phi) is 2.71. The number of carboxylic acid groups (broad SMARTS) is 1. The van der Waals surface area contributed by atoms with E-state index in [-0.39, 0.29) is 24.4 Å². The number of halogens is 1. The van der Waals surface area contributed by atoms with Crippen LogP contribution in [0.3, 0.4) is 0 Å². The minimum absolute atomic E-state index is 0.0874. The Hall–Kier alpha value is -2.11. The third-order valence-electron chi connectivity index (χ3n) is 2.71. The quantitative estimate of drug-likeness (QED) is 0.795. The van der Waals surface area contributed by atoms with Gasteiger partial charge in [0, 0.05) is 13.1 Å². The van der Waals surface area contributed by atoms with E-state index in [1.165, 1.54) is 4.90 Å². The molecule has 0 bridgehead atoms. The fourth-order valence-corrected chi connectivity index (χ4v) is 1.65. The second kappa shape index (κ2) is 4.04. The first-order valence-electron chi connectivity index (χ1n) is 4.99. The van der Waals surface area contributed by atoms with E-state index in [1.807, 2.05) is 0 Å². The number of amides is 1. The molecule has 5 nitrogen and oxygen atoms in total. The molecule has 0 spiro atoms. The summed E-state index contributed by atoms with van der Waals surface area (Å²) in [5, 5.41) is 18.1. The third kappa shape index (κ3) is 2.06. The van der Waals surface area contributed by atoms with Crippen molar-refractivity contribution in [1.29, 1.82) is 0 Å². The number of phenolic OH excluding ortho intramolecular Hbond substituents is 1. The number of phenols is 1. The highest BCUT2D eigenvalue weighted by Gasteiger charge is 2.36. The van der Waals surface area contributed by atoms with E-state index < -0.39 is 23.6 Å². The summed E-state index contributed by atoms with van der Waals surface area (Å²) in [6.07, 6.45) is 0. The van der Waals surface area contributed by atoms with Crippen LogP contribution in [0.4, 0.5) is 4.39 Å². The van der Waals surface area contributed by atoms with Crippen molar-refractivity contribution in [3.05, 3.63) is 29.6 Å². The van der Waals surface area contributed by atoms with E-state index in [9.17, 15) is 19.1 Å². The van der Waals surface area contributed by atoms with Crippen molar-refractivity contribution in [2.75, 3.05) is 13.1 Å². The van der Waals surface area contributed by atoms with E-state index in [0.717, 1.165) is 18.2 Å². The molecule has 2 N–H and O–H groups in total. The highest BCUT2D eigenvalue weighted by atomic mass is 19.1. The molecule has 1 fully saturated rings. The van der Waals surface area contributed by atoms with Gasteiger partial charge >= 0.3 is 5.97 Å². The minimum atomic E-state index is -0.961. The Labute approximate surface area is 96.1 Å².